The van der Waals surface area contributed by atoms with Crippen LogP contribution < -0.4 is 4.74 Å². The van der Waals surface area contributed by atoms with Gasteiger partial charge in [0.2, 0.25) is 0 Å². The van der Waals surface area contributed by atoms with Crippen molar-refractivity contribution in [3.63, 3.8) is 0 Å². The van der Waals surface area contributed by atoms with E-state index in [1.165, 1.54) is 6.20 Å². The lowest BCUT2D eigenvalue weighted by atomic mass is 10.1. The van der Waals surface area contributed by atoms with Gasteiger partial charge in [0.25, 0.3) is 0 Å². The van der Waals surface area contributed by atoms with E-state index in [1.54, 1.807) is 47.5 Å². The molecule has 4 aromatic rings. The number of Topliss-reactive ketones (excluding diaryl/α,β-unsaturated/α-hetero) is 1. The standard InChI is InChI=1S/C19H13ClN4O2/c20-13-7-15(11-21-10-13)26-16-9-17(19-23-5-6-24(19)12-16)18(25)8-14-3-1-2-4-22-14/h1-7,9-12H,8H2. The minimum atomic E-state index is -0.0884. The van der Waals surface area contributed by atoms with Gasteiger partial charge in [-0.3, -0.25) is 14.8 Å². The van der Waals surface area contributed by atoms with Gasteiger partial charge in [0, 0.05) is 36.5 Å². The molecule has 0 radical (unpaired) electrons. The summed E-state index contributed by atoms with van der Waals surface area (Å²) in [7, 11) is 0. The summed E-state index contributed by atoms with van der Waals surface area (Å²) in [5.74, 6) is 0.888. The van der Waals surface area contributed by atoms with Crippen LogP contribution in [0.25, 0.3) is 5.65 Å². The quantitative estimate of drug-likeness (QED) is 0.501. The molecule has 0 atom stereocenters. The van der Waals surface area contributed by atoms with Gasteiger partial charge in [0.15, 0.2) is 5.78 Å². The Balaban J connectivity index is 1.69. The van der Waals surface area contributed by atoms with Gasteiger partial charge in [-0.2, -0.15) is 0 Å². The van der Waals surface area contributed by atoms with E-state index in [-0.39, 0.29) is 12.2 Å². The minimum Gasteiger partial charge on any atom is -0.454 e. The second-order valence-electron chi connectivity index (χ2n) is 5.61. The van der Waals surface area contributed by atoms with Crippen LogP contribution in [-0.4, -0.2) is 25.1 Å². The molecule has 0 aromatic carbocycles. The molecule has 0 unspecified atom stereocenters. The van der Waals surface area contributed by atoms with Crippen molar-refractivity contribution in [2.24, 2.45) is 0 Å². The highest BCUT2D eigenvalue weighted by Crippen LogP contribution is 2.26. The van der Waals surface area contributed by atoms with E-state index in [4.69, 9.17) is 16.3 Å². The molecule has 0 amide bonds. The summed E-state index contributed by atoms with van der Waals surface area (Å²) in [4.78, 5) is 25.3. The van der Waals surface area contributed by atoms with Crippen LogP contribution in [0.4, 0.5) is 0 Å². The highest BCUT2D eigenvalue weighted by molar-refractivity contribution is 6.30. The Kier molecular flexibility index (Phi) is 4.33. The molecular formula is C19H13ClN4O2. The first-order valence-electron chi connectivity index (χ1n) is 7.87. The Morgan fingerprint density at radius 2 is 2.04 bits per heavy atom. The Labute approximate surface area is 154 Å². The molecule has 4 aromatic heterocycles. The average Bonchev–Trinajstić information content (AvgIpc) is 3.10. The topological polar surface area (TPSA) is 69.4 Å². The number of carbonyl (C=O) groups excluding carboxylic acids is 1. The first kappa shape index (κ1) is 16.2. The van der Waals surface area contributed by atoms with Crippen LogP contribution in [0, 0.1) is 0 Å². The van der Waals surface area contributed by atoms with Crippen molar-refractivity contribution in [3.05, 3.63) is 83.8 Å². The summed E-state index contributed by atoms with van der Waals surface area (Å²) in [6.07, 6.45) is 10.1. The van der Waals surface area contributed by atoms with E-state index in [1.807, 2.05) is 18.2 Å². The molecule has 6 nitrogen and oxygen atoms in total. The van der Waals surface area contributed by atoms with Crippen LogP contribution in [0.1, 0.15) is 16.1 Å². The normalized spacial score (nSPS) is 10.8. The van der Waals surface area contributed by atoms with Crippen LogP contribution in [0.5, 0.6) is 11.5 Å². The maximum atomic E-state index is 12.8. The number of hydrogen-bond donors (Lipinski definition) is 0. The predicted molar refractivity (Wildman–Crippen MR) is 96.8 cm³/mol. The molecule has 4 rings (SSSR count). The summed E-state index contributed by atoms with van der Waals surface area (Å²) in [5.41, 5.74) is 1.74. The summed E-state index contributed by atoms with van der Waals surface area (Å²) in [6.45, 7) is 0. The van der Waals surface area contributed by atoms with Gasteiger partial charge in [-0.1, -0.05) is 17.7 Å². The molecule has 0 saturated heterocycles. The van der Waals surface area contributed by atoms with Crippen molar-refractivity contribution in [2.45, 2.75) is 6.42 Å². The number of pyridine rings is 3. The number of nitrogens with zero attached hydrogens (tertiary/aromatic N) is 4. The van der Waals surface area contributed by atoms with E-state index in [0.29, 0.717) is 33.4 Å². The van der Waals surface area contributed by atoms with Crippen molar-refractivity contribution < 1.29 is 9.53 Å². The fourth-order valence-electron chi connectivity index (χ4n) is 2.61. The third-order valence-electron chi connectivity index (χ3n) is 3.75. The van der Waals surface area contributed by atoms with Crippen molar-refractivity contribution in [1.29, 1.82) is 0 Å². The maximum absolute atomic E-state index is 12.8. The number of carbonyl (C=O) groups is 1. The summed E-state index contributed by atoms with van der Waals surface area (Å²) in [5, 5.41) is 0.470. The van der Waals surface area contributed by atoms with Crippen LogP contribution in [-0.2, 0) is 6.42 Å². The van der Waals surface area contributed by atoms with E-state index in [2.05, 4.69) is 15.0 Å². The minimum absolute atomic E-state index is 0.0884. The monoisotopic (exact) mass is 364 g/mol. The maximum Gasteiger partial charge on any atom is 0.172 e. The zero-order chi connectivity index (χ0) is 17.9. The smallest absolute Gasteiger partial charge is 0.172 e. The largest absolute Gasteiger partial charge is 0.454 e. The van der Waals surface area contributed by atoms with Crippen LogP contribution in [0.15, 0.2) is 67.5 Å². The summed E-state index contributed by atoms with van der Waals surface area (Å²) < 4.78 is 7.56. The lowest BCUT2D eigenvalue weighted by Crippen LogP contribution is -2.07. The Morgan fingerprint density at radius 1 is 1.12 bits per heavy atom. The van der Waals surface area contributed by atoms with Crippen molar-refractivity contribution in [3.8, 4) is 11.5 Å². The fourth-order valence-corrected chi connectivity index (χ4v) is 2.78. The molecule has 128 valence electrons. The number of aromatic nitrogens is 4. The van der Waals surface area contributed by atoms with Crippen LogP contribution in [0.2, 0.25) is 5.02 Å². The van der Waals surface area contributed by atoms with E-state index >= 15 is 0 Å². The second-order valence-corrected chi connectivity index (χ2v) is 6.05. The van der Waals surface area contributed by atoms with Gasteiger partial charge in [-0.05, 0) is 18.2 Å². The predicted octanol–water partition coefficient (Wildman–Crippen LogP) is 4.00. The number of ether oxygens (including phenoxy) is 1. The number of fused-ring (bicyclic) bond motifs is 1. The average molecular weight is 365 g/mol. The van der Waals surface area contributed by atoms with Gasteiger partial charge in [-0.25, -0.2) is 4.98 Å². The first-order valence-corrected chi connectivity index (χ1v) is 8.25. The number of ketones is 1. The van der Waals surface area contributed by atoms with Crippen molar-refractivity contribution >= 4 is 23.0 Å². The fraction of sp³-hybridized carbons (Fsp3) is 0.0526. The van der Waals surface area contributed by atoms with Crippen LogP contribution in [0.3, 0.4) is 0 Å². The summed E-state index contributed by atoms with van der Waals surface area (Å²) >= 11 is 5.94. The molecule has 0 fully saturated rings. The molecular weight excluding hydrogens is 352 g/mol. The SMILES string of the molecule is O=C(Cc1ccccn1)c1cc(Oc2cncc(Cl)c2)cn2ccnc12. The van der Waals surface area contributed by atoms with Gasteiger partial charge < -0.3 is 9.14 Å². The van der Waals surface area contributed by atoms with Gasteiger partial charge in [-0.15, -0.1) is 0 Å². The van der Waals surface area contributed by atoms with E-state index in [9.17, 15) is 4.79 Å². The van der Waals surface area contributed by atoms with Gasteiger partial charge in [0.05, 0.1) is 29.4 Å². The van der Waals surface area contributed by atoms with E-state index in [0.717, 1.165) is 0 Å². The Hall–Kier alpha value is -3.25. The Bertz CT molecular complexity index is 1080. The summed E-state index contributed by atoms with van der Waals surface area (Å²) in [6, 6.07) is 8.82. The number of imidazole rings is 1. The van der Waals surface area contributed by atoms with Gasteiger partial charge >= 0.3 is 0 Å². The number of rotatable bonds is 5. The molecule has 0 spiro atoms. The molecule has 0 aliphatic carbocycles. The molecule has 0 N–H and O–H groups in total. The lowest BCUT2D eigenvalue weighted by molar-refractivity contribution is 0.0992. The molecule has 7 heteroatoms. The molecule has 26 heavy (non-hydrogen) atoms. The third-order valence-corrected chi connectivity index (χ3v) is 3.95. The zero-order valence-corrected chi connectivity index (χ0v) is 14.3. The third kappa shape index (κ3) is 3.41. The molecule has 0 aliphatic rings. The van der Waals surface area contributed by atoms with Gasteiger partial charge in [0.1, 0.15) is 17.1 Å². The zero-order valence-electron chi connectivity index (χ0n) is 13.5. The molecule has 4 heterocycles. The van der Waals surface area contributed by atoms with Crippen LogP contribution >= 0.6 is 11.6 Å². The number of halogens is 1. The molecule has 0 saturated carbocycles. The highest BCUT2D eigenvalue weighted by Gasteiger charge is 2.15. The lowest BCUT2D eigenvalue weighted by Gasteiger charge is -2.09. The van der Waals surface area contributed by atoms with Crippen molar-refractivity contribution in [2.75, 3.05) is 0 Å². The Morgan fingerprint density at radius 3 is 2.85 bits per heavy atom. The second kappa shape index (κ2) is 6.93. The molecule has 0 bridgehead atoms. The highest BCUT2D eigenvalue weighted by atomic mass is 35.5. The van der Waals surface area contributed by atoms with Crippen molar-refractivity contribution in [1.82, 2.24) is 19.4 Å². The van der Waals surface area contributed by atoms with E-state index < -0.39 is 0 Å². The molecule has 0 aliphatic heterocycles. The number of hydrogen-bond acceptors (Lipinski definition) is 5. The first-order chi connectivity index (χ1) is 12.7.